The van der Waals surface area contributed by atoms with Crippen molar-refractivity contribution in [3.63, 3.8) is 0 Å². The zero-order valence-corrected chi connectivity index (χ0v) is 11.2. The molecule has 0 saturated heterocycles. The third-order valence-electron chi connectivity index (χ3n) is 2.34. The summed E-state index contributed by atoms with van der Waals surface area (Å²) in [7, 11) is 1.58. The van der Waals surface area contributed by atoms with Crippen LogP contribution >= 0.6 is 22.6 Å². The Bertz CT molecular complexity index is 563. The van der Waals surface area contributed by atoms with Gasteiger partial charge in [-0.05, 0) is 40.8 Å². The molecule has 88 valence electrons. The summed E-state index contributed by atoms with van der Waals surface area (Å²) in [6, 6.07) is 8.90. The number of carbonyl (C=O) groups is 1. The summed E-state index contributed by atoms with van der Waals surface area (Å²) in [4.78, 5) is 11.1. The van der Waals surface area contributed by atoms with E-state index in [0.717, 1.165) is 9.26 Å². The number of aromatic carboxylic acids is 1. The Morgan fingerprint density at radius 3 is 2.82 bits per heavy atom. The molecule has 0 fully saturated rings. The lowest BCUT2D eigenvalue weighted by atomic mass is 10.3. The van der Waals surface area contributed by atoms with Crippen molar-refractivity contribution in [1.82, 2.24) is 4.57 Å². The van der Waals surface area contributed by atoms with Crippen LogP contribution in [0.4, 0.5) is 0 Å². The van der Waals surface area contributed by atoms with E-state index < -0.39 is 5.97 Å². The van der Waals surface area contributed by atoms with Gasteiger partial charge in [-0.1, -0.05) is 6.07 Å². The first-order valence-corrected chi connectivity index (χ1v) is 5.95. The van der Waals surface area contributed by atoms with E-state index in [-0.39, 0.29) is 5.69 Å². The number of hydrogen-bond acceptors (Lipinski definition) is 2. The molecule has 1 aromatic heterocycles. The number of carboxylic acid groups (broad SMARTS) is 1. The van der Waals surface area contributed by atoms with E-state index in [1.54, 1.807) is 30.0 Å². The molecule has 0 aliphatic heterocycles. The van der Waals surface area contributed by atoms with E-state index in [4.69, 9.17) is 9.84 Å². The van der Waals surface area contributed by atoms with Gasteiger partial charge in [-0.25, -0.2) is 4.79 Å². The van der Waals surface area contributed by atoms with Gasteiger partial charge in [-0.15, -0.1) is 0 Å². The molecule has 0 radical (unpaired) electrons. The number of rotatable bonds is 3. The molecule has 0 aliphatic carbocycles. The highest BCUT2D eigenvalue weighted by Crippen LogP contribution is 2.21. The average Bonchev–Trinajstić information content (AvgIpc) is 2.72. The molecule has 1 heterocycles. The highest BCUT2D eigenvalue weighted by molar-refractivity contribution is 14.1. The van der Waals surface area contributed by atoms with Crippen LogP contribution in [0.3, 0.4) is 0 Å². The molecule has 2 rings (SSSR count). The van der Waals surface area contributed by atoms with E-state index in [1.807, 2.05) is 18.2 Å². The Morgan fingerprint density at radius 2 is 2.18 bits per heavy atom. The summed E-state index contributed by atoms with van der Waals surface area (Å²) in [6.07, 6.45) is 1.78. The van der Waals surface area contributed by atoms with E-state index in [1.165, 1.54) is 0 Å². The zero-order valence-electron chi connectivity index (χ0n) is 9.05. The minimum atomic E-state index is -0.948. The van der Waals surface area contributed by atoms with E-state index in [2.05, 4.69) is 22.6 Å². The van der Waals surface area contributed by atoms with Crippen LogP contribution in [0.5, 0.6) is 5.75 Å². The van der Waals surface area contributed by atoms with E-state index in [0.29, 0.717) is 5.75 Å². The number of ether oxygens (including phenoxy) is 1. The highest BCUT2D eigenvalue weighted by atomic mass is 127. The van der Waals surface area contributed by atoms with Gasteiger partial charge in [-0.3, -0.25) is 0 Å². The van der Waals surface area contributed by atoms with Crippen molar-refractivity contribution in [2.45, 2.75) is 0 Å². The van der Waals surface area contributed by atoms with Gasteiger partial charge >= 0.3 is 5.97 Å². The molecule has 0 bridgehead atoms. The molecule has 1 N–H and O–H groups in total. The van der Waals surface area contributed by atoms with Crippen molar-refractivity contribution < 1.29 is 14.6 Å². The standard InChI is InChI=1S/C12H10INO3/c1-17-10-4-2-3-9(6-10)14-7-8(13)5-11(14)12(15)16/h2-7H,1H3,(H,15,16). The number of nitrogens with zero attached hydrogens (tertiary/aromatic N) is 1. The van der Waals surface area contributed by atoms with Crippen LogP contribution in [0.15, 0.2) is 36.5 Å². The van der Waals surface area contributed by atoms with Crippen LogP contribution in [0.1, 0.15) is 10.5 Å². The first kappa shape index (κ1) is 12.0. The van der Waals surface area contributed by atoms with Gasteiger partial charge in [0, 0.05) is 21.5 Å². The second-order valence-corrected chi connectivity index (χ2v) is 4.67. The Kier molecular flexibility index (Phi) is 3.37. The maximum absolute atomic E-state index is 11.1. The van der Waals surface area contributed by atoms with Gasteiger partial charge in [0.2, 0.25) is 0 Å². The van der Waals surface area contributed by atoms with Crippen molar-refractivity contribution in [2.24, 2.45) is 0 Å². The van der Waals surface area contributed by atoms with Gasteiger partial charge in [0.15, 0.2) is 0 Å². The zero-order chi connectivity index (χ0) is 12.4. The lowest BCUT2D eigenvalue weighted by molar-refractivity contribution is 0.0688. The normalized spacial score (nSPS) is 10.2. The van der Waals surface area contributed by atoms with Gasteiger partial charge in [0.1, 0.15) is 11.4 Å². The van der Waals surface area contributed by atoms with Crippen LogP contribution < -0.4 is 4.74 Å². The molecule has 17 heavy (non-hydrogen) atoms. The maximum Gasteiger partial charge on any atom is 0.352 e. The number of halogens is 1. The first-order valence-electron chi connectivity index (χ1n) is 4.87. The van der Waals surface area contributed by atoms with Gasteiger partial charge in [0.05, 0.1) is 7.11 Å². The molecule has 0 atom stereocenters. The Balaban J connectivity index is 2.55. The third-order valence-corrected chi connectivity index (χ3v) is 2.93. The lowest BCUT2D eigenvalue weighted by Crippen LogP contribution is -2.05. The Hall–Kier alpha value is -1.50. The first-order chi connectivity index (χ1) is 8.11. The Morgan fingerprint density at radius 1 is 1.41 bits per heavy atom. The van der Waals surface area contributed by atoms with Crippen LogP contribution in [-0.2, 0) is 0 Å². The molecule has 5 heteroatoms. The predicted molar refractivity (Wildman–Crippen MR) is 72.0 cm³/mol. The highest BCUT2D eigenvalue weighted by Gasteiger charge is 2.13. The van der Waals surface area contributed by atoms with Crippen LogP contribution in [-0.4, -0.2) is 22.8 Å². The van der Waals surface area contributed by atoms with E-state index in [9.17, 15) is 4.79 Å². The van der Waals surface area contributed by atoms with Crippen LogP contribution in [0.2, 0.25) is 0 Å². The largest absolute Gasteiger partial charge is 0.497 e. The van der Waals surface area contributed by atoms with Gasteiger partial charge in [0.25, 0.3) is 0 Å². The predicted octanol–water partition coefficient (Wildman–Crippen LogP) is 2.79. The molecule has 2 aromatic rings. The number of hydrogen-bond donors (Lipinski definition) is 1. The number of carboxylic acids is 1. The summed E-state index contributed by atoms with van der Waals surface area (Å²) in [5, 5.41) is 9.11. The second-order valence-electron chi connectivity index (χ2n) is 3.42. The fourth-order valence-corrected chi connectivity index (χ4v) is 2.14. The fourth-order valence-electron chi connectivity index (χ4n) is 1.57. The van der Waals surface area contributed by atoms with Crippen LogP contribution in [0.25, 0.3) is 5.69 Å². The number of methoxy groups -OCH3 is 1. The monoisotopic (exact) mass is 343 g/mol. The summed E-state index contributed by atoms with van der Waals surface area (Å²) < 4.78 is 7.63. The molecule has 0 saturated carbocycles. The Labute approximate surface area is 112 Å². The molecule has 0 spiro atoms. The molecule has 0 amide bonds. The molecule has 4 nitrogen and oxygen atoms in total. The number of aromatic nitrogens is 1. The van der Waals surface area contributed by atoms with Crippen molar-refractivity contribution in [3.8, 4) is 11.4 Å². The third kappa shape index (κ3) is 2.44. The summed E-state index contributed by atoms with van der Waals surface area (Å²) in [6.45, 7) is 0. The van der Waals surface area contributed by atoms with Crippen molar-refractivity contribution in [1.29, 1.82) is 0 Å². The molecular weight excluding hydrogens is 333 g/mol. The van der Waals surface area contributed by atoms with Crippen molar-refractivity contribution in [3.05, 3.63) is 45.8 Å². The minimum absolute atomic E-state index is 0.239. The summed E-state index contributed by atoms with van der Waals surface area (Å²) >= 11 is 2.09. The lowest BCUT2D eigenvalue weighted by Gasteiger charge is -2.07. The van der Waals surface area contributed by atoms with E-state index >= 15 is 0 Å². The molecule has 0 aliphatic rings. The molecule has 0 unspecified atom stereocenters. The molecule has 1 aromatic carbocycles. The van der Waals surface area contributed by atoms with Crippen LogP contribution in [0, 0.1) is 3.57 Å². The number of benzene rings is 1. The van der Waals surface area contributed by atoms with Crippen molar-refractivity contribution in [2.75, 3.05) is 7.11 Å². The quantitative estimate of drug-likeness (QED) is 0.872. The molecular formula is C12H10INO3. The topological polar surface area (TPSA) is 51.5 Å². The van der Waals surface area contributed by atoms with Crippen molar-refractivity contribution >= 4 is 28.6 Å². The average molecular weight is 343 g/mol. The summed E-state index contributed by atoms with van der Waals surface area (Å²) in [5.41, 5.74) is 1.01. The smallest absolute Gasteiger partial charge is 0.352 e. The SMILES string of the molecule is COc1cccc(-n2cc(I)cc2C(=O)O)c1. The van der Waals surface area contributed by atoms with Gasteiger partial charge < -0.3 is 14.4 Å². The summed E-state index contributed by atoms with van der Waals surface area (Å²) in [5.74, 6) is -0.252. The fraction of sp³-hybridized carbons (Fsp3) is 0.0833. The van der Waals surface area contributed by atoms with Gasteiger partial charge in [-0.2, -0.15) is 0 Å². The maximum atomic E-state index is 11.1. The minimum Gasteiger partial charge on any atom is -0.497 e. The second kappa shape index (κ2) is 4.79.